The van der Waals surface area contributed by atoms with E-state index in [0.29, 0.717) is 18.8 Å². The van der Waals surface area contributed by atoms with Crippen molar-refractivity contribution in [2.45, 2.75) is 13.0 Å². The number of carbonyl (C=O) groups is 1. The van der Waals surface area contributed by atoms with Crippen LogP contribution in [0, 0.1) is 0 Å². The molecule has 2 N–H and O–H groups in total. The molecule has 0 saturated carbocycles. The molecular formula is C8H13N5OS. The molecule has 0 aliphatic carbocycles. The quantitative estimate of drug-likeness (QED) is 0.694. The number of nitrogens with zero attached hydrogens (tertiary/aromatic N) is 4. The van der Waals surface area contributed by atoms with Gasteiger partial charge in [-0.25, -0.2) is 4.98 Å². The van der Waals surface area contributed by atoms with Gasteiger partial charge in [-0.15, -0.1) is 5.10 Å². The van der Waals surface area contributed by atoms with Gasteiger partial charge in [0.1, 0.15) is 11.3 Å². The summed E-state index contributed by atoms with van der Waals surface area (Å²) < 4.78 is 1.55. The van der Waals surface area contributed by atoms with Crippen molar-refractivity contribution in [2.24, 2.45) is 5.73 Å². The Morgan fingerprint density at radius 2 is 2.33 bits per heavy atom. The molecule has 0 radical (unpaired) electrons. The lowest BCUT2D eigenvalue weighted by Gasteiger charge is -2.09. The van der Waals surface area contributed by atoms with Gasteiger partial charge in [-0.3, -0.25) is 9.48 Å². The molecule has 0 aliphatic heterocycles. The topological polar surface area (TPSA) is 77.0 Å². The number of carbonyl (C=O) groups excluding carboxylic acids is 1. The fraction of sp³-hybridized carbons (Fsp3) is 0.500. The van der Waals surface area contributed by atoms with E-state index in [9.17, 15) is 4.79 Å². The molecule has 0 atom stereocenters. The van der Waals surface area contributed by atoms with E-state index in [-0.39, 0.29) is 10.9 Å². The van der Waals surface area contributed by atoms with E-state index in [1.54, 1.807) is 18.8 Å². The van der Waals surface area contributed by atoms with Gasteiger partial charge in [-0.2, -0.15) is 0 Å². The largest absolute Gasteiger partial charge is 0.387 e. The second-order valence-corrected chi connectivity index (χ2v) is 3.67. The van der Waals surface area contributed by atoms with Crippen LogP contribution in [0.25, 0.3) is 0 Å². The van der Waals surface area contributed by atoms with Gasteiger partial charge in [0.2, 0.25) is 11.7 Å². The maximum Gasteiger partial charge on any atom is 0.223 e. The minimum atomic E-state index is 0.0439. The molecule has 1 amide bonds. The van der Waals surface area contributed by atoms with Crippen LogP contribution in [0.4, 0.5) is 0 Å². The van der Waals surface area contributed by atoms with Crippen LogP contribution in [0.15, 0.2) is 6.33 Å². The Morgan fingerprint density at radius 3 is 2.80 bits per heavy atom. The molecule has 1 heterocycles. The van der Waals surface area contributed by atoms with E-state index >= 15 is 0 Å². The summed E-state index contributed by atoms with van der Waals surface area (Å²) in [6, 6.07) is 0. The fourth-order valence-electron chi connectivity index (χ4n) is 0.949. The van der Waals surface area contributed by atoms with Crippen molar-refractivity contribution in [1.82, 2.24) is 19.7 Å². The molecule has 0 spiro atoms. The Labute approximate surface area is 93.1 Å². The van der Waals surface area contributed by atoms with Crippen LogP contribution in [0.1, 0.15) is 12.2 Å². The van der Waals surface area contributed by atoms with Crippen molar-refractivity contribution in [3.8, 4) is 0 Å². The van der Waals surface area contributed by atoms with Crippen LogP contribution in [0.5, 0.6) is 0 Å². The van der Waals surface area contributed by atoms with E-state index < -0.39 is 0 Å². The van der Waals surface area contributed by atoms with Gasteiger partial charge in [-0.1, -0.05) is 12.2 Å². The summed E-state index contributed by atoms with van der Waals surface area (Å²) in [5.74, 6) is 0.379. The number of hydrogen-bond acceptors (Lipinski definition) is 4. The van der Waals surface area contributed by atoms with Gasteiger partial charge in [0.05, 0.1) is 6.54 Å². The Bertz CT molecular complexity index is 373. The monoisotopic (exact) mass is 227 g/mol. The van der Waals surface area contributed by atoms with Crippen LogP contribution < -0.4 is 5.73 Å². The van der Waals surface area contributed by atoms with Gasteiger partial charge in [-0.05, 0) is 0 Å². The summed E-state index contributed by atoms with van der Waals surface area (Å²) in [7, 11) is 3.42. The Morgan fingerprint density at radius 1 is 1.67 bits per heavy atom. The van der Waals surface area contributed by atoms with E-state index in [0.717, 1.165) is 0 Å². The van der Waals surface area contributed by atoms with Gasteiger partial charge >= 0.3 is 0 Å². The van der Waals surface area contributed by atoms with Gasteiger partial charge in [0.15, 0.2) is 0 Å². The predicted octanol–water partition coefficient (Wildman–Crippen LogP) is -0.609. The highest BCUT2D eigenvalue weighted by atomic mass is 32.1. The zero-order chi connectivity index (χ0) is 11.4. The highest BCUT2D eigenvalue weighted by molar-refractivity contribution is 7.80. The van der Waals surface area contributed by atoms with E-state index in [2.05, 4.69) is 10.1 Å². The summed E-state index contributed by atoms with van der Waals surface area (Å²) >= 11 is 4.72. The summed E-state index contributed by atoms with van der Waals surface area (Å²) in [5, 5.41) is 4.01. The lowest BCUT2D eigenvalue weighted by Crippen LogP contribution is -2.23. The number of aromatic nitrogens is 3. The first kappa shape index (κ1) is 11.6. The molecule has 6 nitrogen and oxygen atoms in total. The average Bonchev–Trinajstić information content (AvgIpc) is 2.62. The Balaban J connectivity index is 2.51. The van der Waals surface area contributed by atoms with Crippen molar-refractivity contribution in [1.29, 1.82) is 0 Å². The lowest BCUT2D eigenvalue weighted by atomic mass is 10.4. The summed E-state index contributed by atoms with van der Waals surface area (Å²) in [6.07, 6.45) is 1.89. The van der Waals surface area contributed by atoms with Crippen molar-refractivity contribution >= 4 is 23.1 Å². The molecule has 0 bridgehead atoms. The third kappa shape index (κ3) is 3.28. The van der Waals surface area contributed by atoms with Crippen LogP contribution in [0.2, 0.25) is 0 Å². The molecular weight excluding hydrogens is 214 g/mol. The van der Waals surface area contributed by atoms with Crippen molar-refractivity contribution in [2.75, 3.05) is 14.1 Å². The maximum atomic E-state index is 11.3. The third-order valence-electron chi connectivity index (χ3n) is 1.81. The Hall–Kier alpha value is -1.50. The van der Waals surface area contributed by atoms with Crippen molar-refractivity contribution in [3.05, 3.63) is 12.2 Å². The number of thiocarbonyl (C=S) groups is 1. The second-order valence-electron chi connectivity index (χ2n) is 3.23. The first-order valence-electron chi connectivity index (χ1n) is 4.40. The van der Waals surface area contributed by atoms with Gasteiger partial charge in [0.25, 0.3) is 0 Å². The predicted molar refractivity (Wildman–Crippen MR) is 59.2 cm³/mol. The zero-order valence-corrected chi connectivity index (χ0v) is 9.49. The Kier molecular flexibility index (Phi) is 3.73. The molecule has 0 fully saturated rings. The minimum absolute atomic E-state index is 0.0439. The van der Waals surface area contributed by atoms with Crippen LogP contribution in [-0.4, -0.2) is 44.7 Å². The van der Waals surface area contributed by atoms with Crippen molar-refractivity contribution < 1.29 is 4.79 Å². The SMILES string of the molecule is CN(C)C(=O)CCn1cnc(C(N)=S)n1. The highest BCUT2D eigenvalue weighted by Crippen LogP contribution is 1.94. The molecule has 1 rings (SSSR count). The van der Waals surface area contributed by atoms with Crippen LogP contribution in [-0.2, 0) is 11.3 Å². The van der Waals surface area contributed by atoms with Gasteiger partial charge < -0.3 is 10.6 Å². The molecule has 1 aromatic heterocycles. The number of hydrogen-bond donors (Lipinski definition) is 1. The number of amides is 1. The molecule has 0 unspecified atom stereocenters. The highest BCUT2D eigenvalue weighted by Gasteiger charge is 2.06. The maximum absolute atomic E-state index is 11.3. The first-order chi connectivity index (χ1) is 7.00. The fourth-order valence-corrected chi connectivity index (χ4v) is 1.04. The van der Waals surface area contributed by atoms with Crippen LogP contribution in [0.3, 0.4) is 0 Å². The van der Waals surface area contributed by atoms with Gasteiger partial charge in [0, 0.05) is 20.5 Å². The number of aryl methyl sites for hydroxylation is 1. The second kappa shape index (κ2) is 4.83. The summed E-state index contributed by atoms with van der Waals surface area (Å²) in [4.78, 5) is 16.9. The lowest BCUT2D eigenvalue weighted by molar-refractivity contribution is -0.128. The van der Waals surface area contributed by atoms with E-state index in [4.69, 9.17) is 18.0 Å². The minimum Gasteiger partial charge on any atom is -0.387 e. The van der Waals surface area contributed by atoms with E-state index in [1.807, 2.05) is 0 Å². The normalized spacial score (nSPS) is 10.0. The third-order valence-corrected chi connectivity index (χ3v) is 1.99. The molecule has 1 aromatic rings. The molecule has 0 saturated heterocycles. The standard InChI is InChI=1S/C8H13N5OS/c1-12(2)6(14)3-4-13-5-10-8(11-13)7(9)15/h5H,3-4H2,1-2H3,(H2,9,15). The van der Waals surface area contributed by atoms with Crippen LogP contribution >= 0.6 is 12.2 Å². The first-order valence-corrected chi connectivity index (χ1v) is 4.81. The average molecular weight is 227 g/mol. The summed E-state index contributed by atoms with van der Waals surface area (Å²) in [6.45, 7) is 0.479. The number of nitrogens with two attached hydrogens (primary N) is 1. The number of rotatable bonds is 4. The summed E-state index contributed by atoms with van der Waals surface area (Å²) in [5.41, 5.74) is 5.35. The van der Waals surface area contributed by atoms with Crippen molar-refractivity contribution in [3.63, 3.8) is 0 Å². The molecule has 15 heavy (non-hydrogen) atoms. The zero-order valence-electron chi connectivity index (χ0n) is 8.67. The molecule has 0 aromatic carbocycles. The molecule has 0 aliphatic rings. The smallest absolute Gasteiger partial charge is 0.223 e. The molecule has 7 heteroatoms. The molecule has 82 valence electrons. The van der Waals surface area contributed by atoms with E-state index in [1.165, 1.54) is 11.2 Å².